The number of anilines is 1. The normalized spacial score (nSPS) is 12.4. The maximum Gasteiger partial charge on any atom is 0.222 e. The number of aliphatic hydroxyl groups is 1. The van der Waals surface area contributed by atoms with E-state index in [2.05, 4.69) is 15.3 Å². The topological polar surface area (TPSA) is 58.0 Å². The molecule has 2 aromatic rings. The van der Waals surface area contributed by atoms with Gasteiger partial charge in [0.2, 0.25) is 5.95 Å². The summed E-state index contributed by atoms with van der Waals surface area (Å²) >= 11 is 1.52. The molecule has 17 heavy (non-hydrogen) atoms. The standard InChI is InChI=1S/C11H12FN3OS/c12-8-6-14-11(15-7-8)13-4-3-9(16)10-2-1-5-17-10/h1-2,5-7,9,16H,3-4H2,(H,13,14,15). The van der Waals surface area contributed by atoms with Crippen LogP contribution in [-0.4, -0.2) is 21.6 Å². The van der Waals surface area contributed by atoms with Gasteiger partial charge in [-0.25, -0.2) is 14.4 Å². The molecule has 2 aromatic heterocycles. The Hall–Kier alpha value is -1.53. The molecule has 0 fully saturated rings. The number of rotatable bonds is 5. The monoisotopic (exact) mass is 253 g/mol. The van der Waals surface area contributed by atoms with Gasteiger partial charge in [-0.2, -0.15) is 0 Å². The van der Waals surface area contributed by atoms with Crippen molar-refractivity contribution in [2.75, 3.05) is 11.9 Å². The van der Waals surface area contributed by atoms with Crippen molar-refractivity contribution < 1.29 is 9.50 Å². The molecule has 0 aliphatic heterocycles. The van der Waals surface area contributed by atoms with Gasteiger partial charge < -0.3 is 10.4 Å². The summed E-state index contributed by atoms with van der Waals surface area (Å²) in [7, 11) is 0. The average Bonchev–Trinajstić information content (AvgIpc) is 2.85. The largest absolute Gasteiger partial charge is 0.388 e. The number of aromatic nitrogens is 2. The Morgan fingerprint density at radius 2 is 2.18 bits per heavy atom. The number of aliphatic hydroxyl groups excluding tert-OH is 1. The van der Waals surface area contributed by atoms with Crippen LogP contribution in [0.3, 0.4) is 0 Å². The minimum atomic E-state index is -0.483. The number of thiophene rings is 1. The molecule has 0 saturated heterocycles. The van der Waals surface area contributed by atoms with E-state index < -0.39 is 11.9 Å². The van der Waals surface area contributed by atoms with Crippen LogP contribution in [0, 0.1) is 5.82 Å². The number of nitrogens with zero attached hydrogens (tertiary/aromatic N) is 2. The van der Waals surface area contributed by atoms with Gasteiger partial charge in [0.25, 0.3) is 0 Å². The molecule has 2 rings (SSSR count). The van der Waals surface area contributed by atoms with Gasteiger partial charge >= 0.3 is 0 Å². The van der Waals surface area contributed by atoms with E-state index in [0.29, 0.717) is 18.9 Å². The smallest absolute Gasteiger partial charge is 0.222 e. The van der Waals surface area contributed by atoms with Crippen LogP contribution in [0.5, 0.6) is 0 Å². The fourth-order valence-electron chi connectivity index (χ4n) is 1.35. The highest BCUT2D eigenvalue weighted by Crippen LogP contribution is 2.21. The second-order valence-electron chi connectivity index (χ2n) is 3.47. The van der Waals surface area contributed by atoms with Crippen LogP contribution in [0.15, 0.2) is 29.9 Å². The Kier molecular flexibility index (Phi) is 4.00. The zero-order valence-corrected chi connectivity index (χ0v) is 9.82. The third-order valence-corrected chi connectivity index (χ3v) is 3.17. The van der Waals surface area contributed by atoms with Crippen LogP contribution in [-0.2, 0) is 0 Å². The summed E-state index contributed by atoms with van der Waals surface area (Å²) < 4.78 is 12.5. The first-order valence-corrected chi connectivity index (χ1v) is 6.06. The fourth-order valence-corrected chi connectivity index (χ4v) is 2.09. The summed E-state index contributed by atoms with van der Waals surface area (Å²) in [6.07, 6.45) is 2.28. The van der Waals surface area contributed by atoms with E-state index in [1.807, 2.05) is 17.5 Å². The minimum absolute atomic E-state index is 0.366. The summed E-state index contributed by atoms with van der Waals surface area (Å²) in [5.41, 5.74) is 0. The second kappa shape index (κ2) is 5.70. The highest BCUT2D eigenvalue weighted by atomic mass is 32.1. The molecule has 0 aliphatic rings. The Balaban J connectivity index is 1.78. The summed E-state index contributed by atoms with van der Waals surface area (Å²) in [5.74, 6) is -0.0982. The van der Waals surface area contributed by atoms with Gasteiger partial charge in [-0.05, 0) is 17.9 Å². The van der Waals surface area contributed by atoms with Crippen LogP contribution in [0.2, 0.25) is 0 Å². The third-order valence-electron chi connectivity index (χ3n) is 2.19. The molecule has 1 atom stereocenters. The lowest BCUT2D eigenvalue weighted by Gasteiger charge is -2.09. The summed E-state index contributed by atoms with van der Waals surface area (Å²) in [5, 5.41) is 14.6. The van der Waals surface area contributed by atoms with E-state index in [9.17, 15) is 9.50 Å². The first-order chi connectivity index (χ1) is 8.25. The van der Waals surface area contributed by atoms with Crippen molar-refractivity contribution in [2.45, 2.75) is 12.5 Å². The molecule has 0 amide bonds. The van der Waals surface area contributed by atoms with Crippen LogP contribution in [0.25, 0.3) is 0 Å². The highest BCUT2D eigenvalue weighted by molar-refractivity contribution is 7.10. The van der Waals surface area contributed by atoms with E-state index in [1.54, 1.807) is 0 Å². The number of hydrogen-bond donors (Lipinski definition) is 2. The van der Waals surface area contributed by atoms with Crippen molar-refractivity contribution in [3.8, 4) is 0 Å². The molecule has 2 heterocycles. The van der Waals surface area contributed by atoms with E-state index in [4.69, 9.17) is 0 Å². The first-order valence-electron chi connectivity index (χ1n) is 5.18. The van der Waals surface area contributed by atoms with Gasteiger partial charge in [0.1, 0.15) is 0 Å². The van der Waals surface area contributed by atoms with Gasteiger partial charge in [-0.15, -0.1) is 11.3 Å². The van der Waals surface area contributed by atoms with Crippen molar-refractivity contribution in [2.24, 2.45) is 0 Å². The van der Waals surface area contributed by atoms with E-state index in [0.717, 1.165) is 17.3 Å². The molecule has 6 heteroatoms. The predicted octanol–water partition coefficient (Wildman–Crippen LogP) is 2.21. The Morgan fingerprint density at radius 3 is 2.82 bits per heavy atom. The van der Waals surface area contributed by atoms with Crippen LogP contribution in [0.1, 0.15) is 17.4 Å². The lowest BCUT2D eigenvalue weighted by Crippen LogP contribution is -2.09. The molecule has 0 spiro atoms. The lowest BCUT2D eigenvalue weighted by atomic mass is 10.2. The van der Waals surface area contributed by atoms with Crippen LogP contribution >= 0.6 is 11.3 Å². The van der Waals surface area contributed by atoms with E-state index in [1.165, 1.54) is 11.3 Å². The molecule has 1 unspecified atom stereocenters. The number of hydrogen-bond acceptors (Lipinski definition) is 5. The molecule has 90 valence electrons. The van der Waals surface area contributed by atoms with Crippen LogP contribution < -0.4 is 5.32 Å². The SMILES string of the molecule is OC(CCNc1ncc(F)cn1)c1cccs1. The van der Waals surface area contributed by atoms with Crippen molar-refractivity contribution in [3.05, 3.63) is 40.6 Å². The average molecular weight is 253 g/mol. The van der Waals surface area contributed by atoms with Gasteiger partial charge in [-0.3, -0.25) is 0 Å². The van der Waals surface area contributed by atoms with Crippen molar-refractivity contribution >= 4 is 17.3 Å². The maximum atomic E-state index is 12.5. The van der Waals surface area contributed by atoms with Crippen molar-refractivity contribution in [1.82, 2.24) is 9.97 Å². The third kappa shape index (κ3) is 3.47. The summed E-state index contributed by atoms with van der Waals surface area (Å²) in [6.45, 7) is 0.532. The minimum Gasteiger partial charge on any atom is -0.388 e. The molecule has 0 radical (unpaired) electrons. The van der Waals surface area contributed by atoms with Crippen molar-refractivity contribution in [3.63, 3.8) is 0 Å². The number of nitrogens with one attached hydrogen (secondary N) is 1. The van der Waals surface area contributed by atoms with Gasteiger partial charge in [0, 0.05) is 11.4 Å². The molecule has 0 aliphatic carbocycles. The molecule has 0 aromatic carbocycles. The van der Waals surface area contributed by atoms with Crippen molar-refractivity contribution in [1.29, 1.82) is 0 Å². The number of halogens is 1. The molecule has 0 saturated carbocycles. The lowest BCUT2D eigenvalue weighted by molar-refractivity contribution is 0.175. The quantitative estimate of drug-likeness (QED) is 0.857. The Labute approximate surface area is 102 Å². The first kappa shape index (κ1) is 11.9. The molecular formula is C11H12FN3OS. The molecule has 0 bridgehead atoms. The van der Waals surface area contributed by atoms with E-state index >= 15 is 0 Å². The predicted molar refractivity (Wildman–Crippen MR) is 64.4 cm³/mol. The second-order valence-corrected chi connectivity index (χ2v) is 4.45. The molecule has 4 nitrogen and oxygen atoms in total. The maximum absolute atomic E-state index is 12.5. The van der Waals surface area contributed by atoms with Gasteiger partial charge in [-0.1, -0.05) is 6.07 Å². The Bertz CT molecular complexity index is 446. The fraction of sp³-hybridized carbons (Fsp3) is 0.273. The summed E-state index contributed by atoms with van der Waals surface area (Å²) in [4.78, 5) is 8.46. The summed E-state index contributed by atoms with van der Waals surface area (Å²) in [6, 6.07) is 3.80. The van der Waals surface area contributed by atoms with E-state index in [-0.39, 0.29) is 0 Å². The highest BCUT2D eigenvalue weighted by Gasteiger charge is 2.07. The molecular weight excluding hydrogens is 241 g/mol. The van der Waals surface area contributed by atoms with Crippen LogP contribution in [0.4, 0.5) is 10.3 Å². The zero-order valence-electron chi connectivity index (χ0n) is 9.01. The zero-order chi connectivity index (χ0) is 12.1. The molecule has 2 N–H and O–H groups in total. The van der Waals surface area contributed by atoms with Gasteiger partial charge in [0.15, 0.2) is 5.82 Å². The van der Waals surface area contributed by atoms with Gasteiger partial charge in [0.05, 0.1) is 18.5 Å². The Morgan fingerprint density at radius 1 is 1.41 bits per heavy atom.